The zero-order valence-corrected chi connectivity index (χ0v) is 15.6. The molecule has 0 radical (unpaired) electrons. The molecule has 1 aliphatic heterocycles. The van der Waals surface area contributed by atoms with E-state index in [1.165, 1.54) is 0 Å². The minimum absolute atomic E-state index is 0. The lowest BCUT2D eigenvalue weighted by atomic mass is 9.95. The highest BCUT2D eigenvalue weighted by Crippen LogP contribution is 2.23. The van der Waals surface area contributed by atoms with E-state index >= 15 is 0 Å². The molecule has 0 spiro atoms. The van der Waals surface area contributed by atoms with Crippen LogP contribution >= 0.6 is 12.4 Å². The summed E-state index contributed by atoms with van der Waals surface area (Å²) in [6.45, 7) is 5.99. The molecule has 3 rings (SSSR count). The van der Waals surface area contributed by atoms with Gasteiger partial charge in [-0.25, -0.2) is 4.68 Å². The lowest BCUT2D eigenvalue weighted by Gasteiger charge is -2.29. The van der Waals surface area contributed by atoms with E-state index in [0.717, 1.165) is 36.5 Å². The second-order valence-corrected chi connectivity index (χ2v) is 6.37. The van der Waals surface area contributed by atoms with E-state index in [1.54, 1.807) is 24.1 Å². The lowest BCUT2D eigenvalue weighted by molar-refractivity contribution is 0.0909. The summed E-state index contributed by atoms with van der Waals surface area (Å²) >= 11 is 0. The fourth-order valence-electron chi connectivity index (χ4n) is 2.98. The van der Waals surface area contributed by atoms with Crippen LogP contribution in [0.1, 0.15) is 29.4 Å². The number of nitrogens with zero attached hydrogens (tertiary/aromatic N) is 2. The summed E-state index contributed by atoms with van der Waals surface area (Å²) < 4.78 is 7.07. The third-order valence-electron chi connectivity index (χ3n) is 4.55. The summed E-state index contributed by atoms with van der Waals surface area (Å²) in [6.07, 6.45) is 2.86. The first-order chi connectivity index (χ1) is 11.6. The minimum atomic E-state index is -0.138. The first kappa shape index (κ1) is 19.3. The Morgan fingerprint density at radius 1 is 1.40 bits per heavy atom. The van der Waals surface area contributed by atoms with Gasteiger partial charge in [0.1, 0.15) is 11.4 Å². The smallest absolute Gasteiger partial charge is 0.272 e. The summed E-state index contributed by atoms with van der Waals surface area (Å²) in [7, 11) is 1.63. The molecule has 2 aromatic rings. The molecule has 0 aliphatic carbocycles. The van der Waals surface area contributed by atoms with Gasteiger partial charge in [0.2, 0.25) is 0 Å². The Bertz CT molecular complexity index is 732. The van der Waals surface area contributed by atoms with Gasteiger partial charge in [-0.3, -0.25) is 4.79 Å². The van der Waals surface area contributed by atoms with Crippen LogP contribution in [0.5, 0.6) is 5.75 Å². The van der Waals surface area contributed by atoms with Gasteiger partial charge in [-0.2, -0.15) is 5.10 Å². The third-order valence-corrected chi connectivity index (χ3v) is 4.55. The molecule has 1 fully saturated rings. The molecule has 0 bridgehead atoms. The van der Waals surface area contributed by atoms with E-state index in [2.05, 4.69) is 22.7 Å². The zero-order valence-electron chi connectivity index (χ0n) is 14.8. The number of benzene rings is 1. The highest BCUT2D eigenvalue weighted by atomic mass is 35.5. The SMILES string of the molecule is COc1ccc(C)cc1-n1ccc(C(=O)NC2CNCCC2C)n1.Cl. The van der Waals surface area contributed by atoms with Gasteiger partial charge < -0.3 is 15.4 Å². The Balaban J connectivity index is 0.00000225. The van der Waals surface area contributed by atoms with Crippen molar-refractivity contribution in [2.75, 3.05) is 20.2 Å². The van der Waals surface area contributed by atoms with E-state index in [0.29, 0.717) is 11.6 Å². The topological polar surface area (TPSA) is 68.2 Å². The van der Waals surface area contributed by atoms with Gasteiger partial charge >= 0.3 is 0 Å². The Morgan fingerprint density at radius 2 is 2.20 bits per heavy atom. The van der Waals surface area contributed by atoms with Crippen LogP contribution < -0.4 is 15.4 Å². The van der Waals surface area contributed by atoms with Crippen molar-refractivity contribution < 1.29 is 9.53 Å². The standard InChI is InChI=1S/C18H24N4O2.ClH/c1-12-4-5-17(24-3)16(10-12)22-9-7-14(21-22)18(23)20-15-11-19-8-6-13(15)2;/h4-5,7,9-10,13,15,19H,6,8,11H2,1-3H3,(H,20,23);1H. The van der Waals surface area contributed by atoms with Crippen LogP contribution in [0, 0.1) is 12.8 Å². The number of hydrogen-bond donors (Lipinski definition) is 2. The Morgan fingerprint density at radius 3 is 2.92 bits per heavy atom. The predicted molar refractivity (Wildman–Crippen MR) is 100 cm³/mol. The van der Waals surface area contributed by atoms with Crippen LogP contribution in [0.2, 0.25) is 0 Å². The first-order valence-electron chi connectivity index (χ1n) is 8.30. The molecular weight excluding hydrogens is 340 g/mol. The first-order valence-corrected chi connectivity index (χ1v) is 8.30. The molecule has 136 valence electrons. The van der Waals surface area contributed by atoms with Gasteiger partial charge in [-0.05, 0) is 49.6 Å². The van der Waals surface area contributed by atoms with Gasteiger partial charge in [0.05, 0.1) is 7.11 Å². The van der Waals surface area contributed by atoms with Crippen molar-refractivity contribution >= 4 is 18.3 Å². The number of rotatable bonds is 4. The van der Waals surface area contributed by atoms with E-state index in [4.69, 9.17) is 4.74 Å². The molecule has 7 heteroatoms. The average Bonchev–Trinajstić information content (AvgIpc) is 3.07. The van der Waals surface area contributed by atoms with E-state index in [1.807, 2.05) is 25.1 Å². The van der Waals surface area contributed by atoms with Crippen molar-refractivity contribution in [1.82, 2.24) is 20.4 Å². The molecule has 1 aromatic heterocycles. The summed E-state index contributed by atoms with van der Waals surface area (Å²) in [5.41, 5.74) is 2.34. The summed E-state index contributed by atoms with van der Waals surface area (Å²) in [5, 5.41) is 10.8. The van der Waals surface area contributed by atoms with Crippen molar-refractivity contribution in [2.45, 2.75) is 26.3 Å². The number of aryl methyl sites for hydroxylation is 1. The van der Waals surface area contributed by atoms with Crippen LogP contribution in [-0.2, 0) is 0 Å². The molecule has 25 heavy (non-hydrogen) atoms. The highest BCUT2D eigenvalue weighted by Gasteiger charge is 2.24. The van der Waals surface area contributed by atoms with Gasteiger partial charge in [0.25, 0.3) is 5.91 Å². The van der Waals surface area contributed by atoms with Gasteiger partial charge in [-0.1, -0.05) is 13.0 Å². The van der Waals surface area contributed by atoms with E-state index in [9.17, 15) is 4.79 Å². The fourth-order valence-corrected chi connectivity index (χ4v) is 2.98. The van der Waals surface area contributed by atoms with E-state index in [-0.39, 0.29) is 24.4 Å². The average molecular weight is 365 g/mol. The molecule has 1 aromatic carbocycles. The Kier molecular flexibility index (Phi) is 6.45. The van der Waals surface area contributed by atoms with Crippen molar-refractivity contribution in [3.8, 4) is 11.4 Å². The number of methoxy groups -OCH3 is 1. The normalized spacial score (nSPS) is 19.8. The number of aromatic nitrogens is 2. The maximum absolute atomic E-state index is 12.5. The molecule has 2 N–H and O–H groups in total. The van der Waals surface area contributed by atoms with Crippen LogP contribution in [-0.4, -0.2) is 41.9 Å². The number of ether oxygens (including phenoxy) is 1. The van der Waals surface area contributed by atoms with Gasteiger partial charge in [-0.15, -0.1) is 12.4 Å². The molecule has 6 nitrogen and oxygen atoms in total. The molecule has 1 amide bonds. The van der Waals surface area contributed by atoms with Crippen LogP contribution in [0.15, 0.2) is 30.5 Å². The number of halogens is 1. The molecular formula is C18H25ClN4O2. The summed E-state index contributed by atoms with van der Waals surface area (Å²) in [4.78, 5) is 12.5. The predicted octanol–water partition coefficient (Wildman–Crippen LogP) is 2.34. The second kappa shape index (κ2) is 8.36. The third kappa shape index (κ3) is 4.32. The number of nitrogens with one attached hydrogen (secondary N) is 2. The lowest BCUT2D eigenvalue weighted by Crippen LogP contribution is -2.50. The molecule has 0 saturated carbocycles. The molecule has 2 heterocycles. The quantitative estimate of drug-likeness (QED) is 0.873. The molecule has 1 aliphatic rings. The second-order valence-electron chi connectivity index (χ2n) is 6.37. The highest BCUT2D eigenvalue weighted by molar-refractivity contribution is 5.92. The largest absolute Gasteiger partial charge is 0.494 e. The number of hydrogen-bond acceptors (Lipinski definition) is 4. The van der Waals surface area contributed by atoms with Crippen molar-refractivity contribution in [3.05, 3.63) is 41.7 Å². The number of carbonyl (C=O) groups excluding carboxylic acids is 1. The number of carbonyl (C=O) groups is 1. The molecule has 2 atom stereocenters. The minimum Gasteiger partial charge on any atom is -0.494 e. The maximum atomic E-state index is 12.5. The van der Waals surface area contributed by atoms with Gasteiger partial charge in [0, 0.05) is 18.8 Å². The van der Waals surface area contributed by atoms with Crippen molar-refractivity contribution in [1.29, 1.82) is 0 Å². The number of piperidine rings is 1. The summed E-state index contributed by atoms with van der Waals surface area (Å²) in [5.74, 6) is 1.05. The monoisotopic (exact) mass is 364 g/mol. The van der Waals surface area contributed by atoms with Crippen LogP contribution in [0.4, 0.5) is 0 Å². The number of amides is 1. The van der Waals surface area contributed by atoms with Crippen LogP contribution in [0.3, 0.4) is 0 Å². The van der Waals surface area contributed by atoms with Gasteiger partial charge in [0.15, 0.2) is 5.69 Å². The molecule has 1 saturated heterocycles. The van der Waals surface area contributed by atoms with Crippen LogP contribution in [0.25, 0.3) is 5.69 Å². The Labute approximate surface area is 154 Å². The Hall–Kier alpha value is -2.05. The molecule has 2 unspecified atom stereocenters. The van der Waals surface area contributed by atoms with E-state index < -0.39 is 0 Å². The maximum Gasteiger partial charge on any atom is 0.272 e. The summed E-state index contributed by atoms with van der Waals surface area (Å²) in [6, 6.07) is 7.75. The zero-order chi connectivity index (χ0) is 17.1. The van der Waals surface area contributed by atoms with Crippen molar-refractivity contribution in [3.63, 3.8) is 0 Å². The fraction of sp³-hybridized carbons (Fsp3) is 0.444. The van der Waals surface area contributed by atoms with Crippen molar-refractivity contribution in [2.24, 2.45) is 5.92 Å².